The van der Waals surface area contributed by atoms with E-state index >= 15 is 0 Å². The van der Waals surface area contributed by atoms with Crippen molar-refractivity contribution in [1.29, 1.82) is 0 Å². The first-order chi connectivity index (χ1) is 13.0. The highest BCUT2D eigenvalue weighted by molar-refractivity contribution is 5.81. The summed E-state index contributed by atoms with van der Waals surface area (Å²) in [5.41, 5.74) is 2.19. The van der Waals surface area contributed by atoms with Gasteiger partial charge < -0.3 is 15.1 Å². The summed E-state index contributed by atoms with van der Waals surface area (Å²) in [6.07, 6.45) is 0.357. The number of nitrogens with one attached hydrogen (secondary N) is 1. The Morgan fingerprint density at radius 3 is 2.26 bits per heavy atom. The normalized spacial score (nSPS) is 16.6. The average molecular weight is 365 g/mol. The van der Waals surface area contributed by atoms with Gasteiger partial charge >= 0.3 is 6.03 Å². The molecular formula is C22H27N3O2. The number of nitrogens with zero attached hydrogens (tertiary/aromatic N) is 2. The molecule has 1 N–H and O–H groups in total. The van der Waals surface area contributed by atoms with Gasteiger partial charge in [-0.2, -0.15) is 0 Å². The summed E-state index contributed by atoms with van der Waals surface area (Å²) in [6, 6.07) is 19.7. The minimum atomic E-state index is -0.147. The topological polar surface area (TPSA) is 52.7 Å². The van der Waals surface area contributed by atoms with Crippen LogP contribution in [0.1, 0.15) is 31.4 Å². The maximum Gasteiger partial charge on any atom is 0.318 e. The Kier molecular flexibility index (Phi) is 6.12. The first kappa shape index (κ1) is 19.0. The molecule has 0 saturated carbocycles. The molecule has 27 heavy (non-hydrogen) atoms. The van der Waals surface area contributed by atoms with Gasteiger partial charge in [-0.05, 0) is 25.0 Å². The van der Waals surface area contributed by atoms with Gasteiger partial charge in [0.15, 0.2) is 0 Å². The molecule has 2 aromatic carbocycles. The molecule has 1 saturated heterocycles. The summed E-state index contributed by atoms with van der Waals surface area (Å²) in [5.74, 6) is 0.0864. The van der Waals surface area contributed by atoms with E-state index in [1.165, 1.54) is 0 Å². The minimum absolute atomic E-state index is 0.0720. The molecule has 0 bridgehead atoms. The summed E-state index contributed by atoms with van der Waals surface area (Å²) in [5, 5.41) is 3.05. The zero-order chi connectivity index (χ0) is 19.2. The van der Waals surface area contributed by atoms with Crippen molar-refractivity contribution in [2.24, 2.45) is 0 Å². The van der Waals surface area contributed by atoms with E-state index < -0.39 is 0 Å². The van der Waals surface area contributed by atoms with Crippen molar-refractivity contribution in [3.8, 4) is 0 Å². The Morgan fingerprint density at radius 1 is 1.07 bits per heavy atom. The summed E-state index contributed by atoms with van der Waals surface area (Å²) in [7, 11) is 0. The van der Waals surface area contributed by atoms with Crippen LogP contribution in [0.5, 0.6) is 0 Å². The Hall–Kier alpha value is -2.82. The van der Waals surface area contributed by atoms with Gasteiger partial charge in [0.05, 0.1) is 6.04 Å². The van der Waals surface area contributed by atoms with Gasteiger partial charge in [-0.15, -0.1) is 0 Å². The van der Waals surface area contributed by atoms with Gasteiger partial charge in [-0.3, -0.25) is 4.79 Å². The summed E-state index contributed by atoms with van der Waals surface area (Å²) in [6.45, 7) is 5.70. The molecule has 0 aliphatic carbocycles. The van der Waals surface area contributed by atoms with E-state index in [2.05, 4.69) is 5.32 Å². The molecule has 0 aromatic heterocycles. The minimum Gasteiger partial charge on any atom is -0.336 e. The van der Waals surface area contributed by atoms with Crippen molar-refractivity contribution in [2.75, 3.05) is 6.54 Å². The van der Waals surface area contributed by atoms with Crippen molar-refractivity contribution in [3.05, 3.63) is 71.8 Å². The maximum atomic E-state index is 12.8. The number of amides is 3. The Labute approximate surface area is 161 Å². The van der Waals surface area contributed by atoms with Crippen molar-refractivity contribution in [1.82, 2.24) is 15.1 Å². The molecule has 3 rings (SSSR count). The molecule has 1 unspecified atom stereocenters. The van der Waals surface area contributed by atoms with Crippen LogP contribution in [0.25, 0.3) is 0 Å². The number of hydrogen-bond donors (Lipinski definition) is 1. The van der Waals surface area contributed by atoms with Gasteiger partial charge in [-0.25, -0.2) is 4.79 Å². The molecule has 0 spiro atoms. The number of hydrogen-bond acceptors (Lipinski definition) is 2. The molecule has 1 fully saturated rings. The van der Waals surface area contributed by atoms with E-state index in [0.717, 1.165) is 11.1 Å². The van der Waals surface area contributed by atoms with Crippen molar-refractivity contribution < 1.29 is 9.59 Å². The van der Waals surface area contributed by atoms with Gasteiger partial charge in [0.25, 0.3) is 0 Å². The predicted molar refractivity (Wildman–Crippen MR) is 106 cm³/mol. The highest BCUT2D eigenvalue weighted by Gasteiger charge is 2.31. The van der Waals surface area contributed by atoms with Crippen LogP contribution in [0.2, 0.25) is 0 Å². The molecule has 2 aromatic rings. The third-order valence-corrected chi connectivity index (χ3v) is 4.84. The smallest absolute Gasteiger partial charge is 0.318 e. The van der Waals surface area contributed by atoms with Crippen LogP contribution < -0.4 is 5.32 Å². The molecule has 1 atom stereocenters. The largest absolute Gasteiger partial charge is 0.336 e. The highest BCUT2D eigenvalue weighted by atomic mass is 16.2. The second-order valence-corrected chi connectivity index (χ2v) is 7.32. The number of likely N-dealkylation sites (tertiary alicyclic amines) is 1. The van der Waals surface area contributed by atoms with Crippen LogP contribution in [-0.4, -0.2) is 40.4 Å². The third kappa shape index (κ3) is 5.09. The Balaban J connectivity index is 1.58. The van der Waals surface area contributed by atoms with Gasteiger partial charge in [0, 0.05) is 32.1 Å². The first-order valence-electron chi connectivity index (χ1n) is 9.45. The van der Waals surface area contributed by atoms with Gasteiger partial charge in [-0.1, -0.05) is 60.7 Å². The maximum absolute atomic E-state index is 12.8. The van der Waals surface area contributed by atoms with E-state index in [-0.39, 0.29) is 24.0 Å². The number of carbonyl (C=O) groups excluding carboxylic acids is 2. The Bertz CT molecular complexity index is 762. The molecule has 1 heterocycles. The second-order valence-electron chi connectivity index (χ2n) is 7.32. The predicted octanol–water partition coefficient (Wildman–Crippen LogP) is 3.41. The van der Waals surface area contributed by atoms with Crippen LogP contribution in [0, 0.1) is 0 Å². The molecule has 142 valence electrons. The van der Waals surface area contributed by atoms with E-state index in [4.69, 9.17) is 0 Å². The lowest BCUT2D eigenvalue weighted by Gasteiger charge is -2.28. The monoisotopic (exact) mass is 365 g/mol. The lowest BCUT2D eigenvalue weighted by Crippen LogP contribution is -2.48. The van der Waals surface area contributed by atoms with Crippen molar-refractivity contribution >= 4 is 11.9 Å². The molecule has 1 aliphatic heterocycles. The fourth-order valence-electron chi connectivity index (χ4n) is 3.35. The molecular weight excluding hydrogens is 338 g/mol. The molecule has 5 heteroatoms. The van der Waals surface area contributed by atoms with Gasteiger partial charge in [0.2, 0.25) is 5.91 Å². The SMILES string of the molecule is CC(C)N(Cc1ccccc1)C(=O)NC1CC(=O)N(Cc2ccccc2)C1. The number of urea groups is 1. The number of benzene rings is 2. The fourth-order valence-corrected chi connectivity index (χ4v) is 3.35. The van der Waals surface area contributed by atoms with Crippen LogP contribution in [0.15, 0.2) is 60.7 Å². The molecule has 5 nitrogen and oxygen atoms in total. The van der Waals surface area contributed by atoms with Crippen molar-refractivity contribution in [2.45, 2.75) is 45.4 Å². The average Bonchev–Trinajstić information content (AvgIpc) is 3.00. The first-order valence-corrected chi connectivity index (χ1v) is 9.45. The summed E-state index contributed by atoms with van der Waals surface area (Å²) >= 11 is 0. The summed E-state index contributed by atoms with van der Waals surface area (Å²) < 4.78 is 0. The zero-order valence-electron chi connectivity index (χ0n) is 16.0. The second kappa shape index (κ2) is 8.71. The van der Waals surface area contributed by atoms with Gasteiger partial charge in [0.1, 0.15) is 0 Å². The van der Waals surface area contributed by atoms with Crippen LogP contribution in [0.4, 0.5) is 4.79 Å². The quantitative estimate of drug-likeness (QED) is 0.853. The summed E-state index contributed by atoms with van der Waals surface area (Å²) in [4.78, 5) is 28.7. The van der Waals surface area contributed by atoms with Crippen LogP contribution >= 0.6 is 0 Å². The Morgan fingerprint density at radius 2 is 1.67 bits per heavy atom. The lowest BCUT2D eigenvalue weighted by molar-refractivity contribution is -0.128. The molecule has 0 radical (unpaired) electrons. The van der Waals surface area contributed by atoms with E-state index in [1.807, 2.05) is 79.4 Å². The zero-order valence-corrected chi connectivity index (χ0v) is 16.0. The van der Waals surface area contributed by atoms with E-state index in [9.17, 15) is 9.59 Å². The van der Waals surface area contributed by atoms with Crippen molar-refractivity contribution in [3.63, 3.8) is 0 Å². The molecule has 3 amide bonds. The lowest BCUT2D eigenvalue weighted by atomic mass is 10.2. The van der Waals surface area contributed by atoms with E-state index in [0.29, 0.717) is 26.1 Å². The van der Waals surface area contributed by atoms with Crippen LogP contribution in [-0.2, 0) is 17.9 Å². The van der Waals surface area contributed by atoms with E-state index in [1.54, 1.807) is 4.90 Å². The standard InChI is InChI=1S/C22H27N3O2/c1-17(2)25(15-19-11-7-4-8-12-19)22(27)23-20-13-21(26)24(16-20)14-18-9-5-3-6-10-18/h3-12,17,20H,13-16H2,1-2H3,(H,23,27). The van der Waals surface area contributed by atoms with Crippen LogP contribution in [0.3, 0.4) is 0 Å². The molecule has 1 aliphatic rings. The number of rotatable bonds is 6. The third-order valence-electron chi connectivity index (χ3n) is 4.84. The fraction of sp³-hybridized carbons (Fsp3) is 0.364. The number of carbonyl (C=O) groups is 2. The highest BCUT2D eigenvalue weighted by Crippen LogP contribution is 2.16.